The van der Waals surface area contributed by atoms with Gasteiger partial charge in [-0.2, -0.15) is 5.10 Å². The van der Waals surface area contributed by atoms with Crippen LogP contribution in [0.15, 0.2) is 30.5 Å². The summed E-state index contributed by atoms with van der Waals surface area (Å²) in [4.78, 5) is 32.9. The van der Waals surface area contributed by atoms with Crippen LogP contribution in [-0.2, 0) is 27.4 Å². The largest absolute Gasteiger partial charge is 0.381 e. The van der Waals surface area contributed by atoms with E-state index in [-0.39, 0.29) is 24.1 Å². The van der Waals surface area contributed by atoms with E-state index < -0.39 is 0 Å². The van der Waals surface area contributed by atoms with E-state index in [1.165, 1.54) is 7.11 Å². The van der Waals surface area contributed by atoms with E-state index in [0.717, 1.165) is 56.8 Å². The highest BCUT2D eigenvalue weighted by Gasteiger charge is 2.28. The molecule has 1 aromatic carbocycles. The number of amides is 2. The summed E-state index contributed by atoms with van der Waals surface area (Å²) in [7, 11) is 1.53. The van der Waals surface area contributed by atoms with Crippen LogP contribution in [-0.4, -0.2) is 90.5 Å². The van der Waals surface area contributed by atoms with Gasteiger partial charge in [-0.3, -0.25) is 19.2 Å². The van der Waals surface area contributed by atoms with Gasteiger partial charge in [-0.1, -0.05) is 29.8 Å². The Balaban J connectivity index is 1.68. The molecule has 36 heavy (non-hydrogen) atoms. The van der Waals surface area contributed by atoms with E-state index in [9.17, 15) is 9.59 Å². The zero-order valence-corrected chi connectivity index (χ0v) is 22.0. The topological polar surface area (TPSA) is 80.1 Å². The van der Waals surface area contributed by atoms with Crippen molar-refractivity contribution < 1.29 is 19.1 Å². The van der Waals surface area contributed by atoms with Crippen molar-refractivity contribution in [3.63, 3.8) is 0 Å². The molecule has 2 aliphatic heterocycles. The van der Waals surface area contributed by atoms with Gasteiger partial charge in [0.25, 0.3) is 11.8 Å². The van der Waals surface area contributed by atoms with Crippen LogP contribution >= 0.6 is 11.6 Å². The number of carbonyl (C=O) groups excluding carboxylic acids is 2. The third kappa shape index (κ3) is 6.26. The second-order valence-corrected chi connectivity index (χ2v) is 9.66. The number of halogens is 1. The summed E-state index contributed by atoms with van der Waals surface area (Å²) in [6.07, 6.45) is 4.44. The number of benzene rings is 1. The first-order valence-corrected chi connectivity index (χ1v) is 13.1. The van der Waals surface area contributed by atoms with Gasteiger partial charge in [-0.15, -0.1) is 0 Å². The molecule has 0 spiro atoms. The molecule has 0 radical (unpaired) electrons. The quantitative estimate of drug-likeness (QED) is 0.606. The van der Waals surface area contributed by atoms with Crippen LogP contribution in [0.25, 0.3) is 0 Å². The van der Waals surface area contributed by atoms with E-state index in [2.05, 4.69) is 10.00 Å². The predicted octanol–water partition coefficient (Wildman–Crippen LogP) is 3.06. The van der Waals surface area contributed by atoms with Crippen molar-refractivity contribution >= 4 is 29.1 Å². The minimum absolute atomic E-state index is 0.00468. The van der Waals surface area contributed by atoms with Crippen molar-refractivity contribution in [2.75, 3.05) is 58.0 Å². The van der Waals surface area contributed by atoms with Gasteiger partial charge in [-0.05, 0) is 37.8 Å². The van der Waals surface area contributed by atoms with Crippen LogP contribution in [0.5, 0.6) is 0 Å². The summed E-state index contributed by atoms with van der Waals surface area (Å²) >= 11 is 6.42. The summed E-state index contributed by atoms with van der Waals surface area (Å²) in [5, 5.41) is 4.78. The third-order valence-electron chi connectivity index (χ3n) is 6.93. The fourth-order valence-corrected chi connectivity index (χ4v) is 5.24. The Bertz CT molecular complexity index is 1040. The van der Waals surface area contributed by atoms with E-state index in [4.69, 9.17) is 21.1 Å². The number of hydrogen-bond donors (Lipinski definition) is 0. The van der Waals surface area contributed by atoms with Crippen molar-refractivity contribution in [3.8, 4) is 0 Å². The Morgan fingerprint density at radius 2 is 1.92 bits per heavy atom. The average molecular weight is 518 g/mol. The van der Waals surface area contributed by atoms with Crippen LogP contribution in [0.4, 0.5) is 5.69 Å². The van der Waals surface area contributed by atoms with Crippen molar-refractivity contribution in [1.29, 1.82) is 0 Å². The maximum atomic E-state index is 13.7. The second kappa shape index (κ2) is 12.7. The molecular formula is C26H36ClN5O4. The number of anilines is 1. The lowest BCUT2D eigenvalue weighted by Gasteiger charge is -2.35. The Kier molecular flexibility index (Phi) is 9.36. The maximum absolute atomic E-state index is 13.7. The molecule has 10 heteroatoms. The Morgan fingerprint density at radius 1 is 1.14 bits per heavy atom. The lowest BCUT2D eigenvalue weighted by molar-refractivity contribution is -0.122. The van der Waals surface area contributed by atoms with Gasteiger partial charge in [0.1, 0.15) is 6.61 Å². The van der Waals surface area contributed by atoms with Crippen molar-refractivity contribution in [2.24, 2.45) is 0 Å². The molecule has 1 aromatic heterocycles. The first-order chi connectivity index (χ1) is 17.5. The molecular weight excluding hydrogens is 482 g/mol. The van der Waals surface area contributed by atoms with Crippen LogP contribution in [0.2, 0.25) is 5.02 Å². The van der Waals surface area contributed by atoms with Crippen molar-refractivity contribution in [1.82, 2.24) is 19.6 Å². The van der Waals surface area contributed by atoms with Crippen molar-refractivity contribution in [2.45, 2.75) is 45.3 Å². The number of carbonyl (C=O) groups is 2. The molecule has 2 aromatic rings. The van der Waals surface area contributed by atoms with Gasteiger partial charge in [0.05, 0.1) is 5.02 Å². The number of aryl methyl sites for hydroxylation is 1. The van der Waals surface area contributed by atoms with Gasteiger partial charge in [0.15, 0.2) is 5.69 Å². The Labute approximate surface area is 217 Å². The van der Waals surface area contributed by atoms with Crippen molar-refractivity contribution in [3.05, 3.63) is 46.7 Å². The Hall–Kier alpha value is -2.46. The number of rotatable bonds is 5. The highest BCUT2D eigenvalue weighted by atomic mass is 35.5. The molecule has 3 heterocycles. The van der Waals surface area contributed by atoms with Gasteiger partial charge < -0.3 is 19.3 Å². The summed E-state index contributed by atoms with van der Waals surface area (Å²) in [5.41, 5.74) is 1.97. The van der Waals surface area contributed by atoms with Gasteiger partial charge >= 0.3 is 0 Å². The van der Waals surface area contributed by atoms with Gasteiger partial charge in [0.2, 0.25) is 0 Å². The first-order valence-electron chi connectivity index (χ1n) is 12.7. The summed E-state index contributed by atoms with van der Waals surface area (Å²) in [5.74, 6) is -0.299. The maximum Gasteiger partial charge on any atom is 0.276 e. The monoisotopic (exact) mass is 517 g/mol. The molecule has 2 amide bonds. The molecule has 9 nitrogen and oxygen atoms in total. The number of para-hydroxylation sites is 1. The fraction of sp³-hybridized carbons (Fsp3) is 0.577. The zero-order valence-electron chi connectivity index (χ0n) is 21.2. The molecule has 0 saturated carbocycles. The molecule has 2 aliphatic rings. The minimum atomic E-state index is -0.206. The van der Waals surface area contributed by atoms with E-state index >= 15 is 0 Å². The lowest BCUT2D eigenvalue weighted by atomic mass is 10.1. The van der Waals surface area contributed by atoms with E-state index in [0.29, 0.717) is 37.2 Å². The normalized spacial score (nSPS) is 18.5. The minimum Gasteiger partial charge on any atom is -0.381 e. The van der Waals surface area contributed by atoms with Crippen LogP contribution in [0.1, 0.15) is 42.2 Å². The molecule has 0 aliphatic carbocycles. The number of fused-ring (bicyclic) bond motifs is 1. The number of methoxy groups -OCH3 is 1. The first kappa shape index (κ1) is 26.6. The van der Waals surface area contributed by atoms with Crippen LogP contribution in [0.3, 0.4) is 0 Å². The van der Waals surface area contributed by atoms with Gasteiger partial charge in [-0.25, -0.2) is 0 Å². The summed E-state index contributed by atoms with van der Waals surface area (Å²) < 4.78 is 12.4. The number of nitrogens with zero attached hydrogens (tertiary/aromatic N) is 5. The molecule has 0 unspecified atom stereocenters. The van der Waals surface area contributed by atoms with E-state index in [1.54, 1.807) is 15.8 Å². The third-order valence-corrected chi connectivity index (χ3v) is 7.21. The Morgan fingerprint density at radius 3 is 2.64 bits per heavy atom. The molecule has 1 saturated heterocycles. The van der Waals surface area contributed by atoms with Gasteiger partial charge in [0, 0.05) is 77.5 Å². The molecule has 0 atom stereocenters. The molecule has 0 N–H and O–H groups in total. The summed E-state index contributed by atoms with van der Waals surface area (Å²) in [6, 6.07) is 8.17. The van der Waals surface area contributed by atoms with Crippen LogP contribution in [0, 0.1) is 0 Å². The highest BCUT2D eigenvalue weighted by Crippen LogP contribution is 2.26. The smallest absolute Gasteiger partial charge is 0.276 e. The standard InChI is InChI=1S/C26H36ClN5O4/c1-3-31-18-22(27)25(28-31)26(34)30-14-13-29(21-9-15-36-16-10-21)11-6-12-32(24(33)19-35-2)23-8-5-4-7-20(23)17-30/h4-5,7-8,18,21H,3,6,9-17,19H2,1-2H3. The van der Waals surface area contributed by atoms with E-state index in [1.807, 2.05) is 36.1 Å². The fourth-order valence-electron chi connectivity index (χ4n) is 5.01. The summed E-state index contributed by atoms with van der Waals surface area (Å²) in [6.45, 7) is 7.12. The second-order valence-electron chi connectivity index (χ2n) is 9.25. The average Bonchev–Trinajstić information content (AvgIpc) is 3.27. The molecule has 4 rings (SSSR count). The molecule has 0 bridgehead atoms. The predicted molar refractivity (Wildman–Crippen MR) is 138 cm³/mol. The number of ether oxygens (including phenoxy) is 2. The highest BCUT2D eigenvalue weighted by molar-refractivity contribution is 6.33. The SMILES string of the molecule is CCn1cc(Cl)c(C(=O)N2CCN(C3CCOCC3)CCCN(C(=O)COC)c3ccccc3C2)n1. The number of aromatic nitrogens is 2. The zero-order chi connectivity index (χ0) is 25.5. The molecule has 1 fully saturated rings. The molecule has 196 valence electrons. The number of hydrogen-bond acceptors (Lipinski definition) is 6. The van der Waals surface area contributed by atoms with Crippen LogP contribution < -0.4 is 4.90 Å². The lowest BCUT2D eigenvalue weighted by Crippen LogP contribution is -2.45.